The van der Waals surface area contributed by atoms with Gasteiger partial charge in [0.15, 0.2) is 16.6 Å². The Labute approximate surface area is 165 Å². The molecule has 0 radical (unpaired) electrons. The second-order valence-electron chi connectivity index (χ2n) is 5.86. The van der Waals surface area contributed by atoms with E-state index >= 15 is 0 Å². The van der Waals surface area contributed by atoms with Gasteiger partial charge in [0.05, 0.1) is 12.9 Å². The summed E-state index contributed by atoms with van der Waals surface area (Å²) in [5.41, 5.74) is 0.934. The SMILES string of the molecule is COCCCNC(=O)CSc1nc(-c2ccc(OC)cc2)nc2cc(=O)[nH]n12. The van der Waals surface area contributed by atoms with E-state index in [2.05, 4.69) is 20.4 Å². The molecule has 0 saturated heterocycles. The second-order valence-corrected chi connectivity index (χ2v) is 6.80. The van der Waals surface area contributed by atoms with E-state index in [9.17, 15) is 9.59 Å². The number of benzene rings is 1. The number of hydrogen-bond acceptors (Lipinski definition) is 7. The summed E-state index contributed by atoms with van der Waals surface area (Å²) in [6.07, 6.45) is 0.747. The molecule has 0 spiro atoms. The Morgan fingerprint density at radius 2 is 2.04 bits per heavy atom. The molecule has 0 unspecified atom stereocenters. The zero-order valence-corrected chi connectivity index (χ0v) is 16.4. The van der Waals surface area contributed by atoms with Crippen LogP contribution in [0.4, 0.5) is 0 Å². The molecule has 2 N–H and O–H groups in total. The van der Waals surface area contributed by atoms with Gasteiger partial charge in [0.1, 0.15) is 5.75 Å². The minimum Gasteiger partial charge on any atom is -0.497 e. The molecule has 2 aromatic heterocycles. The van der Waals surface area contributed by atoms with Gasteiger partial charge in [-0.05, 0) is 30.7 Å². The average molecular weight is 403 g/mol. The molecule has 3 rings (SSSR count). The van der Waals surface area contributed by atoms with E-state index in [1.807, 2.05) is 24.3 Å². The number of nitrogens with one attached hydrogen (secondary N) is 2. The summed E-state index contributed by atoms with van der Waals surface area (Å²) in [6.45, 7) is 1.14. The zero-order chi connectivity index (χ0) is 19.9. The first-order chi connectivity index (χ1) is 13.6. The van der Waals surface area contributed by atoms with Crippen molar-refractivity contribution in [2.75, 3.05) is 33.1 Å². The normalized spacial score (nSPS) is 10.9. The summed E-state index contributed by atoms with van der Waals surface area (Å²) in [5, 5.41) is 5.95. The summed E-state index contributed by atoms with van der Waals surface area (Å²) in [5.74, 6) is 1.24. The van der Waals surface area contributed by atoms with Gasteiger partial charge in [-0.25, -0.2) is 14.5 Å². The van der Waals surface area contributed by atoms with Crippen molar-refractivity contribution in [3.8, 4) is 17.1 Å². The van der Waals surface area contributed by atoms with E-state index < -0.39 is 0 Å². The number of amides is 1. The van der Waals surface area contributed by atoms with Gasteiger partial charge in [-0.1, -0.05) is 11.8 Å². The first kappa shape index (κ1) is 19.9. The third kappa shape index (κ3) is 4.90. The fraction of sp³-hybridized carbons (Fsp3) is 0.333. The quantitative estimate of drug-likeness (QED) is 0.410. The van der Waals surface area contributed by atoms with Crippen LogP contribution in [0.15, 0.2) is 40.3 Å². The predicted octanol–water partition coefficient (Wildman–Crippen LogP) is 1.34. The number of aromatic amines is 1. The van der Waals surface area contributed by atoms with E-state index in [4.69, 9.17) is 9.47 Å². The highest BCUT2D eigenvalue weighted by Crippen LogP contribution is 2.23. The number of methoxy groups -OCH3 is 2. The van der Waals surface area contributed by atoms with Gasteiger partial charge in [0.25, 0.3) is 5.56 Å². The molecule has 0 bridgehead atoms. The van der Waals surface area contributed by atoms with Gasteiger partial charge >= 0.3 is 0 Å². The van der Waals surface area contributed by atoms with Crippen molar-refractivity contribution in [3.05, 3.63) is 40.7 Å². The maximum atomic E-state index is 12.0. The lowest BCUT2D eigenvalue weighted by Gasteiger charge is -2.08. The summed E-state index contributed by atoms with van der Waals surface area (Å²) in [4.78, 5) is 32.7. The highest BCUT2D eigenvalue weighted by atomic mass is 32.2. The molecular weight excluding hydrogens is 382 g/mol. The Kier molecular flexibility index (Phi) is 6.66. The largest absolute Gasteiger partial charge is 0.497 e. The number of carbonyl (C=O) groups excluding carboxylic acids is 1. The fourth-order valence-electron chi connectivity index (χ4n) is 2.48. The van der Waals surface area contributed by atoms with Crippen molar-refractivity contribution in [2.45, 2.75) is 11.6 Å². The van der Waals surface area contributed by atoms with E-state index in [1.54, 1.807) is 14.2 Å². The molecule has 1 aromatic carbocycles. The summed E-state index contributed by atoms with van der Waals surface area (Å²) < 4.78 is 11.6. The number of thioether (sulfide) groups is 1. The van der Waals surface area contributed by atoms with E-state index in [0.717, 1.165) is 17.7 Å². The molecule has 0 saturated carbocycles. The molecule has 148 valence electrons. The van der Waals surface area contributed by atoms with Crippen LogP contribution >= 0.6 is 11.8 Å². The van der Waals surface area contributed by atoms with Crippen LogP contribution in [-0.2, 0) is 9.53 Å². The van der Waals surface area contributed by atoms with Crippen LogP contribution in [0.2, 0.25) is 0 Å². The number of H-pyrrole nitrogens is 1. The van der Waals surface area contributed by atoms with Crippen LogP contribution < -0.4 is 15.6 Å². The first-order valence-electron chi connectivity index (χ1n) is 8.63. The zero-order valence-electron chi connectivity index (χ0n) is 15.6. The smallest absolute Gasteiger partial charge is 0.266 e. The molecule has 0 atom stereocenters. The number of hydrogen-bond donors (Lipinski definition) is 2. The summed E-state index contributed by atoms with van der Waals surface area (Å²) >= 11 is 1.23. The maximum absolute atomic E-state index is 12.0. The Hall–Kier alpha value is -2.85. The lowest BCUT2D eigenvalue weighted by Crippen LogP contribution is -2.27. The average Bonchev–Trinajstić information content (AvgIpc) is 3.09. The van der Waals surface area contributed by atoms with Gasteiger partial charge in [-0.3, -0.25) is 14.7 Å². The van der Waals surface area contributed by atoms with Crippen LogP contribution in [0.1, 0.15) is 6.42 Å². The van der Waals surface area contributed by atoms with Crippen molar-refractivity contribution in [3.63, 3.8) is 0 Å². The van der Waals surface area contributed by atoms with Crippen molar-refractivity contribution in [2.24, 2.45) is 0 Å². The third-order valence-corrected chi connectivity index (χ3v) is 4.79. The molecule has 9 nitrogen and oxygen atoms in total. The fourth-order valence-corrected chi connectivity index (χ4v) is 3.26. The van der Waals surface area contributed by atoms with Crippen LogP contribution in [0.25, 0.3) is 17.0 Å². The van der Waals surface area contributed by atoms with Crippen molar-refractivity contribution >= 4 is 23.3 Å². The molecule has 28 heavy (non-hydrogen) atoms. The Bertz CT molecular complexity index is 999. The monoisotopic (exact) mass is 403 g/mol. The van der Waals surface area contributed by atoms with E-state index in [1.165, 1.54) is 22.3 Å². The second kappa shape index (κ2) is 9.38. The first-order valence-corrected chi connectivity index (χ1v) is 9.62. The molecule has 0 aliphatic heterocycles. The Morgan fingerprint density at radius 1 is 1.25 bits per heavy atom. The van der Waals surface area contributed by atoms with Crippen molar-refractivity contribution < 1.29 is 14.3 Å². The third-order valence-electron chi connectivity index (χ3n) is 3.85. The van der Waals surface area contributed by atoms with Crippen molar-refractivity contribution in [1.82, 2.24) is 24.9 Å². The molecule has 3 aromatic rings. The summed E-state index contributed by atoms with van der Waals surface area (Å²) in [6, 6.07) is 8.70. The lowest BCUT2D eigenvalue weighted by molar-refractivity contribution is -0.118. The standard InChI is InChI=1S/C18H21N5O4S/c1-26-9-3-8-19-16(25)11-28-18-21-17(12-4-6-13(27-2)7-5-12)20-14-10-15(24)22-23(14)18/h4-7,10H,3,8-9,11H2,1-2H3,(H,19,25)(H,22,24). The van der Waals surface area contributed by atoms with E-state index in [-0.39, 0.29) is 17.2 Å². The topological polar surface area (TPSA) is 111 Å². The number of ether oxygens (including phenoxy) is 2. The Balaban J connectivity index is 1.80. The highest BCUT2D eigenvalue weighted by molar-refractivity contribution is 7.99. The summed E-state index contributed by atoms with van der Waals surface area (Å²) in [7, 11) is 3.22. The molecule has 0 aliphatic carbocycles. The van der Waals surface area contributed by atoms with Gasteiger partial charge in [-0.15, -0.1) is 0 Å². The molecule has 2 heterocycles. The van der Waals surface area contributed by atoms with Crippen LogP contribution in [0.5, 0.6) is 5.75 Å². The number of carbonyl (C=O) groups is 1. The molecular formula is C18H21N5O4S. The van der Waals surface area contributed by atoms with Gasteiger partial charge in [-0.2, -0.15) is 0 Å². The molecule has 0 aliphatic rings. The Morgan fingerprint density at radius 3 is 2.75 bits per heavy atom. The van der Waals surface area contributed by atoms with Gasteiger partial charge < -0.3 is 14.8 Å². The van der Waals surface area contributed by atoms with Crippen molar-refractivity contribution in [1.29, 1.82) is 0 Å². The van der Waals surface area contributed by atoms with Gasteiger partial charge in [0, 0.05) is 31.9 Å². The maximum Gasteiger partial charge on any atom is 0.266 e. The lowest BCUT2D eigenvalue weighted by atomic mass is 10.2. The van der Waals surface area contributed by atoms with Crippen LogP contribution in [0, 0.1) is 0 Å². The number of rotatable bonds is 9. The number of nitrogens with zero attached hydrogens (tertiary/aromatic N) is 3. The predicted molar refractivity (Wildman–Crippen MR) is 106 cm³/mol. The highest BCUT2D eigenvalue weighted by Gasteiger charge is 2.13. The molecule has 0 fully saturated rings. The molecule has 10 heteroatoms. The molecule has 1 amide bonds. The number of aromatic nitrogens is 4. The number of fused-ring (bicyclic) bond motifs is 1. The minimum atomic E-state index is -0.285. The van der Waals surface area contributed by atoms with Crippen LogP contribution in [0.3, 0.4) is 0 Å². The minimum absolute atomic E-state index is 0.117. The van der Waals surface area contributed by atoms with E-state index in [0.29, 0.717) is 29.8 Å². The van der Waals surface area contributed by atoms with Gasteiger partial charge in [0.2, 0.25) is 5.91 Å². The van der Waals surface area contributed by atoms with Crippen LogP contribution in [-0.4, -0.2) is 58.6 Å².